The number of carbonyl (C=O) groups excluding carboxylic acids is 1. The van der Waals surface area contributed by atoms with Crippen LogP contribution in [-0.4, -0.2) is 35.5 Å². The Bertz CT molecular complexity index is 1020. The van der Waals surface area contributed by atoms with Crippen LogP contribution in [0.15, 0.2) is 36.4 Å². The SMILES string of the molecule is Cc1nc(N2CCC(C(=O)NC[C@@H]3C[C@H]4C=C[C@@H]3C43CC3)CC2)nc2ccccc12. The van der Waals surface area contributed by atoms with Crippen molar-refractivity contribution in [3.05, 3.63) is 42.1 Å². The van der Waals surface area contributed by atoms with Gasteiger partial charge in [0.1, 0.15) is 0 Å². The maximum Gasteiger partial charge on any atom is 0.226 e. The number of allylic oxidation sites excluding steroid dienone is 2. The standard InChI is InChI=1S/C25H30N4O/c1-16-20-4-2-3-5-22(20)28-24(27-16)29-12-8-17(9-13-29)23(30)26-15-18-14-19-6-7-21(18)25(19)10-11-25/h2-7,17-19,21H,8-15H2,1H3,(H,26,30)/t18-,19+,21-/m0/s1. The summed E-state index contributed by atoms with van der Waals surface area (Å²) in [5, 5.41) is 4.42. The Morgan fingerprint density at radius 2 is 1.97 bits per heavy atom. The number of para-hydroxylation sites is 1. The first kappa shape index (κ1) is 18.3. The molecule has 1 aromatic carbocycles. The Kier molecular flexibility index (Phi) is 4.15. The summed E-state index contributed by atoms with van der Waals surface area (Å²) in [6, 6.07) is 8.17. The molecule has 156 valence electrons. The normalized spacial score (nSPS) is 29.1. The maximum atomic E-state index is 12.8. The zero-order valence-electron chi connectivity index (χ0n) is 17.7. The molecule has 1 aliphatic heterocycles. The van der Waals surface area contributed by atoms with Crippen LogP contribution in [0.3, 0.4) is 0 Å². The molecule has 4 aliphatic rings. The molecule has 3 fully saturated rings. The van der Waals surface area contributed by atoms with E-state index in [4.69, 9.17) is 9.97 Å². The van der Waals surface area contributed by atoms with E-state index in [1.807, 2.05) is 25.1 Å². The van der Waals surface area contributed by atoms with Crippen LogP contribution < -0.4 is 10.2 Å². The van der Waals surface area contributed by atoms with Gasteiger partial charge in [0.25, 0.3) is 0 Å². The topological polar surface area (TPSA) is 58.1 Å². The maximum absolute atomic E-state index is 12.8. The van der Waals surface area contributed by atoms with E-state index in [0.717, 1.165) is 66.9 Å². The Hall–Kier alpha value is -2.43. The number of nitrogens with zero attached hydrogens (tertiary/aromatic N) is 3. The molecule has 6 rings (SSSR count). The van der Waals surface area contributed by atoms with Gasteiger partial charge in [-0.05, 0) is 68.3 Å². The van der Waals surface area contributed by atoms with Crippen molar-refractivity contribution in [2.24, 2.45) is 29.1 Å². The van der Waals surface area contributed by atoms with E-state index in [1.165, 1.54) is 19.3 Å². The summed E-state index contributed by atoms with van der Waals surface area (Å²) in [6.07, 6.45) is 10.7. The summed E-state index contributed by atoms with van der Waals surface area (Å²) in [7, 11) is 0. The van der Waals surface area contributed by atoms with Gasteiger partial charge in [0, 0.05) is 30.9 Å². The van der Waals surface area contributed by atoms with Gasteiger partial charge >= 0.3 is 0 Å². The van der Waals surface area contributed by atoms with Crippen LogP contribution in [0.5, 0.6) is 0 Å². The van der Waals surface area contributed by atoms with E-state index < -0.39 is 0 Å². The minimum absolute atomic E-state index is 0.117. The van der Waals surface area contributed by atoms with Crippen LogP contribution in [0, 0.1) is 36.0 Å². The van der Waals surface area contributed by atoms with Crippen molar-refractivity contribution in [2.75, 3.05) is 24.5 Å². The Labute approximate surface area is 178 Å². The Morgan fingerprint density at radius 1 is 1.17 bits per heavy atom. The number of fused-ring (bicyclic) bond motifs is 1. The Balaban J connectivity index is 1.05. The van der Waals surface area contributed by atoms with E-state index in [-0.39, 0.29) is 11.8 Å². The number of aromatic nitrogens is 2. The van der Waals surface area contributed by atoms with Gasteiger partial charge in [-0.25, -0.2) is 9.97 Å². The van der Waals surface area contributed by atoms with Crippen molar-refractivity contribution in [1.82, 2.24) is 15.3 Å². The van der Waals surface area contributed by atoms with Gasteiger partial charge in [0.2, 0.25) is 11.9 Å². The molecular weight excluding hydrogens is 372 g/mol. The average molecular weight is 403 g/mol. The van der Waals surface area contributed by atoms with Crippen LogP contribution >= 0.6 is 0 Å². The van der Waals surface area contributed by atoms with Crippen LogP contribution in [0.2, 0.25) is 0 Å². The largest absolute Gasteiger partial charge is 0.356 e. The second-order valence-electron chi connectivity index (χ2n) is 9.88. The smallest absolute Gasteiger partial charge is 0.226 e. The highest BCUT2D eigenvalue weighted by Gasteiger charge is 2.62. The lowest BCUT2D eigenvalue weighted by Gasteiger charge is -2.32. The molecule has 5 heteroatoms. The number of piperidine rings is 1. The van der Waals surface area contributed by atoms with Crippen molar-refractivity contribution in [3.63, 3.8) is 0 Å². The molecule has 0 radical (unpaired) electrons. The number of hydrogen-bond donors (Lipinski definition) is 1. The van der Waals surface area contributed by atoms with Gasteiger partial charge in [-0.15, -0.1) is 0 Å². The summed E-state index contributed by atoms with van der Waals surface area (Å²) >= 11 is 0. The van der Waals surface area contributed by atoms with Gasteiger partial charge in [-0.3, -0.25) is 4.79 Å². The van der Waals surface area contributed by atoms with Gasteiger partial charge in [0.15, 0.2) is 0 Å². The highest BCUT2D eigenvalue weighted by molar-refractivity contribution is 5.82. The lowest BCUT2D eigenvalue weighted by atomic mass is 9.88. The predicted octanol–water partition coefficient (Wildman–Crippen LogP) is 3.87. The van der Waals surface area contributed by atoms with E-state index in [2.05, 4.69) is 28.4 Å². The zero-order chi connectivity index (χ0) is 20.3. The summed E-state index contributed by atoms with van der Waals surface area (Å²) in [4.78, 5) is 24.6. The molecule has 1 spiro atoms. The third kappa shape index (κ3) is 2.85. The van der Waals surface area contributed by atoms with Crippen molar-refractivity contribution >= 4 is 22.8 Å². The molecule has 2 saturated carbocycles. The quantitative estimate of drug-likeness (QED) is 0.789. The second kappa shape index (κ2) is 6.79. The molecule has 0 unspecified atom stereocenters. The van der Waals surface area contributed by atoms with E-state index >= 15 is 0 Å². The number of benzene rings is 1. The highest BCUT2D eigenvalue weighted by atomic mass is 16.1. The number of anilines is 1. The number of rotatable bonds is 4. The van der Waals surface area contributed by atoms with Crippen LogP contribution in [0.25, 0.3) is 10.9 Å². The average Bonchev–Trinajstić information content (AvgIpc) is 3.45. The number of aryl methyl sites for hydroxylation is 1. The number of nitrogens with one attached hydrogen (secondary N) is 1. The molecule has 3 atom stereocenters. The van der Waals surface area contributed by atoms with Crippen LogP contribution in [0.1, 0.15) is 37.8 Å². The number of carbonyl (C=O) groups is 1. The molecule has 1 N–H and O–H groups in total. The molecular formula is C25H30N4O. The fourth-order valence-corrected chi connectivity index (χ4v) is 6.43. The third-order valence-electron chi connectivity index (χ3n) is 8.31. The fourth-order valence-electron chi connectivity index (χ4n) is 6.43. The van der Waals surface area contributed by atoms with Gasteiger partial charge in [-0.2, -0.15) is 0 Å². The monoisotopic (exact) mass is 402 g/mol. The first-order chi connectivity index (χ1) is 14.6. The van der Waals surface area contributed by atoms with Gasteiger partial charge in [0.05, 0.1) is 11.2 Å². The van der Waals surface area contributed by atoms with E-state index in [9.17, 15) is 4.79 Å². The summed E-state index contributed by atoms with van der Waals surface area (Å²) in [5.74, 6) is 3.33. The van der Waals surface area contributed by atoms with Crippen molar-refractivity contribution in [1.29, 1.82) is 0 Å². The molecule has 1 amide bonds. The fraction of sp³-hybridized carbons (Fsp3) is 0.560. The number of amides is 1. The molecule has 5 nitrogen and oxygen atoms in total. The number of hydrogen-bond acceptors (Lipinski definition) is 4. The summed E-state index contributed by atoms with van der Waals surface area (Å²) < 4.78 is 0. The first-order valence-electron chi connectivity index (χ1n) is 11.6. The van der Waals surface area contributed by atoms with E-state index in [1.54, 1.807) is 0 Å². The Morgan fingerprint density at radius 3 is 2.73 bits per heavy atom. The summed E-state index contributed by atoms with van der Waals surface area (Å²) in [5.41, 5.74) is 2.62. The van der Waals surface area contributed by atoms with E-state index in [0.29, 0.717) is 11.3 Å². The highest BCUT2D eigenvalue weighted by Crippen LogP contribution is 2.69. The van der Waals surface area contributed by atoms with Crippen LogP contribution in [0.4, 0.5) is 5.95 Å². The molecule has 2 bridgehead atoms. The van der Waals surface area contributed by atoms with Crippen molar-refractivity contribution < 1.29 is 4.79 Å². The van der Waals surface area contributed by atoms with Crippen molar-refractivity contribution in [3.8, 4) is 0 Å². The van der Waals surface area contributed by atoms with Gasteiger partial charge < -0.3 is 10.2 Å². The minimum atomic E-state index is 0.117. The van der Waals surface area contributed by atoms with Crippen molar-refractivity contribution in [2.45, 2.75) is 39.0 Å². The molecule has 1 aromatic heterocycles. The van der Waals surface area contributed by atoms with Crippen LogP contribution in [-0.2, 0) is 4.79 Å². The lowest BCUT2D eigenvalue weighted by Crippen LogP contribution is -2.42. The first-order valence-corrected chi connectivity index (χ1v) is 11.6. The molecule has 2 aromatic rings. The second-order valence-corrected chi connectivity index (χ2v) is 9.88. The van der Waals surface area contributed by atoms with Gasteiger partial charge in [-0.1, -0.05) is 30.4 Å². The molecule has 1 saturated heterocycles. The predicted molar refractivity (Wildman–Crippen MR) is 118 cm³/mol. The molecule has 30 heavy (non-hydrogen) atoms. The minimum Gasteiger partial charge on any atom is -0.356 e. The molecule has 2 heterocycles. The zero-order valence-corrected chi connectivity index (χ0v) is 17.7. The third-order valence-corrected chi connectivity index (χ3v) is 8.31. The lowest BCUT2D eigenvalue weighted by molar-refractivity contribution is -0.125. The molecule has 3 aliphatic carbocycles. The summed E-state index contributed by atoms with van der Waals surface area (Å²) in [6.45, 7) is 4.59.